The third-order valence-electron chi connectivity index (χ3n) is 3.38. The van der Waals surface area contributed by atoms with Gasteiger partial charge in [-0.3, -0.25) is 4.79 Å². The molecule has 2 rings (SSSR count). The Hall–Kier alpha value is -1.69. The monoisotopic (exact) mass is 284 g/mol. The van der Waals surface area contributed by atoms with Crippen LogP contribution in [0.4, 0.5) is 14.5 Å². The minimum absolute atomic E-state index is 0.0300. The number of nitrogens with one attached hydrogen (secondary N) is 2. The van der Waals surface area contributed by atoms with Gasteiger partial charge in [-0.25, -0.2) is 0 Å². The molecule has 20 heavy (non-hydrogen) atoms. The number of carbonyl (C=O) groups is 1. The van der Waals surface area contributed by atoms with Crippen LogP contribution in [0.25, 0.3) is 0 Å². The second-order valence-electron chi connectivity index (χ2n) is 4.95. The standard InChI is InChI=1S/C14H18F2N2O2/c1-9-4-3-7-17-12(9)13(19)18-10-5-2-6-11(8-10)20-14(15)16/h2,5-6,8-9,12,14,17H,3-4,7H2,1H3,(H,18,19). The molecule has 4 nitrogen and oxygen atoms in total. The van der Waals surface area contributed by atoms with Crippen molar-refractivity contribution >= 4 is 11.6 Å². The highest BCUT2D eigenvalue weighted by Gasteiger charge is 2.27. The zero-order chi connectivity index (χ0) is 14.5. The number of benzene rings is 1. The molecule has 0 saturated carbocycles. The molecule has 1 aromatic rings. The Morgan fingerprint density at radius 1 is 1.50 bits per heavy atom. The van der Waals surface area contributed by atoms with E-state index in [0.717, 1.165) is 19.4 Å². The fourth-order valence-corrected chi connectivity index (χ4v) is 2.37. The molecule has 1 heterocycles. The fraction of sp³-hybridized carbons (Fsp3) is 0.500. The number of ether oxygens (including phenoxy) is 1. The van der Waals surface area contributed by atoms with Gasteiger partial charge in [0.2, 0.25) is 5.91 Å². The second-order valence-corrected chi connectivity index (χ2v) is 4.95. The molecule has 0 bridgehead atoms. The molecule has 0 aliphatic carbocycles. The fourth-order valence-electron chi connectivity index (χ4n) is 2.37. The lowest BCUT2D eigenvalue weighted by Gasteiger charge is -2.28. The van der Waals surface area contributed by atoms with Crippen LogP contribution in [0, 0.1) is 5.92 Å². The van der Waals surface area contributed by atoms with Gasteiger partial charge in [-0.05, 0) is 37.4 Å². The Balaban J connectivity index is 2.00. The van der Waals surface area contributed by atoms with Crippen molar-refractivity contribution in [3.8, 4) is 5.75 Å². The number of hydrogen-bond acceptors (Lipinski definition) is 3. The highest BCUT2D eigenvalue weighted by Crippen LogP contribution is 2.21. The number of halogens is 2. The van der Waals surface area contributed by atoms with E-state index in [1.54, 1.807) is 12.1 Å². The van der Waals surface area contributed by atoms with Crippen molar-refractivity contribution in [1.82, 2.24) is 5.32 Å². The average Bonchev–Trinajstić information content (AvgIpc) is 2.38. The van der Waals surface area contributed by atoms with E-state index in [1.165, 1.54) is 12.1 Å². The summed E-state index contributed by atoms with van der Waals surface area (Å²) in [6.45, 7) is -0.0371. The summed E-state index contributed by atoms with van der Waals surface area (Å²) in [7, 11) is 0. The minimum atomic E-state index is -2.87. The SMILES string of the molecule is CC1CCCNC1C(=O)Nc1cccc(OC(F)F)c1. The maximum absolute atomic E-state index is 12.1. The van der Waals surface area contributed by atoms with Crippen molar-refractivity contribution in [2.75, 3.05) is 11.9 Å². The van der Waals surface area contributed by atoms with Crippen LogP contribution in [0.2, 0.25) is 0 Å². The molecule has 110 valence electrons. The van der Waals surface area contributed by atoms with E-state index in [4.69, 9.17) is 0 Å². The highest BCUT2D eigenvalue weighted by atomic mass is 19.3. The van der Waals surface area contributed by atoms with Crippen LogP contribution < -0.4 is 15.4 Å². The van der Waals surface area contributed by atoms with Gasteiger partial charge in [-0.1, -0.05) is 13.0 Å². The first kappa shape index (κ1) is 14.7. The van der Waals surface area contributed by atoms with Crippen molar-refractivity contribution in [2.45, 2.75) is 32.4 Å². The molecule has 1 amide bonds. The number of piperidine rings is 1. The first-order chi connectivity index (χ1) is 9.56. The van der Waals surface area contributed by atoms with E-state index in [9.17, 15) is 13.6 Å². The molecule has 1 aliphatic rings. The molecule has 1 fully saturated rings. The van der Waals surface area contributed by atoms with Crippen LogP contribution in [0.1, 0.15) is 19.8 Å². The molecule has 0 aromatic heterocycles. The Morgan fingerprint density at radius 2 is 2.30 bits per heavy atom. The summed E-state index contributed by atoms with van der Waals surface area (Å²) in [5.41, 5.74) is 0.452. The summed E-state index contributed by atoms with van der Waals surface area (Å²) >= 11 is 0. The maximum atomic E-state index is 12.1. The van der Waals surface area contributed by atoms with Gasteiger partial charge in [0, 0.05) is 11.8 Å². The predicted octanol–water partition coefficient (Wildman–Crippen LogP) is 2.61. The van der Waals surface area contributed by atoms with Gasteiger partial charge in [0.05, 0.1) is 6.04 Å². The van der Waals surface area contributed by atoms with Gasteiger partial charge in [0.25, 0.3) is 0 Å². The summed E-state index contributed by atoms with van der Waals surface area (Å²) in [4.78, 5) is 12.1. The first-order valence-corrected chi connectivity index (χ1v) is 6.65. The summed E-state index contributed by atoms with van der Waals surface area (Å²) in [6.07, 6.45) is 2.06. The Kier molecular flexibility index (Phi) is 4.89. The summed E-state index contributed by atoms with van der Waals surface area (Å²) in [6, 6.07) is 5.76. The van der Waals surface area contributed by atoms with Gasteiger partial charge in [-0.2, -0.15) is 8.78 Å². The Labute approximate surface area is 116 Å². The molecule has 2 N–H and O–H groups in total. The van der Waals surface area contributed by atoms with E-state index in [0.29, 0.717) is 5.69 Å². The van der Waals surface area contributed by atoms with Gasteiger partial charge < -0.3 is 15.4 Å². The topological polar surface area (TPSA) is 50.4 Å². The molecular weight excluding hydrogens is 266 g/mol. The largest absolute Gasteiger partial charge is 0.435 e. The number of alkyl halides is 2. The Bertz CT molecular complexity index is 468. The van der Waals surface area contributed by atoms with Crippen molar-refractivity contribution in [3.05, 3.63) is 24.3 Å². The quantitative estimate of drug-likeness (QED) is 0.893. The smallest absolute Gasteiger partial charge is 0.387 e. The maximum Gasteiger partial charge on any atom is 0.387 e. The summed E-state index contributed by atoms with van der Waals surface area (Å²) in [5, 5.41) is 5.90. The molecule has 2 unspecified atom stereocenters. The highest BCUT2D eigenvalue weighted by molar-refractivity contribution is 5.95. The number of carbonyl (C=O) groups excluding carboxylic acids is 1. The molecule has 0 spiro atoms. The first-order valence-electron chi connectivity index (χ1n) is 6.65. The summed E-state index contributed by atoms with van der Waals surface area (Å²) in [5.74, 6) is 0.137. The summed E-state index contributed by atoms with van der Waals surface area (Å²) < 4.78 is 28.6. The zero-order valence-electron chi connectivity index (χ0n) is 11.2. The average molecular weight is 284 g/mol. The van der Waals surface area contributed by atoms with Crippen LogP contribution in [0.3, 0.4) is 0 Å². The number of amides is 1. The van der Waals surface area contributed by atoms with E-state index < -0.39 is 6.61 Å². The van der Waals surface area contributed by atoms with E-state index in [2.05, 4.69) is 15.4 Å². The van der Waals surface area contributed by atoms with Gasteiger partial charge >= 0.3 is 6.61 Å². The van der Waals surface area contributed by atoms with Gasteiger partial charge in [-0.15, -0.1) is 0 Å². The van der Waals surface area contributed by atoms with Crippen molar-refractivity contribution in [2.24, 2.45) is 5.92 Å². The lowest BCUT2D eigenvalue weighted by molar-refractivity contribution is -0.119. The van der Waals surface area contributed by atoms with Gasteiger partial charge in [0.1, 0.15) is 5.75 Å². The van der Waals surface area contributed by atoms with Crippen LogP contribution >= 0.6 is 0 Å². The molecular formula is C14H18F2N2O2. The Morgan fingerprint density at radius 3 is 3.00 bits per heavy atom. The van der Waals surface area contributed by atoms with Crippen LogP contribution in [-0.4, -0.2) is 25.1 Å². The molecule has 1 saturated heterocycles. The number of hydrogen-bond donors (Lipinski definition) is 2. The lowest BCUT2D eigenvalue weighted by Crippen LogP contribution is -2.48. The van der Waals surface area contributed by atoms with Gasteiger partial charge in [0.15, 0.2) is 0 Å². The molecule has 1 aliphatic heterocycles. The van der Waals surface area contributed by atoms with E-state index in [1.807, 2.05) is 6.92 Å². The van der Waals surface area contributed by atoms with Crippen LogP contribution in [-0.2, 0) is 4.79 Å². The van der Waals surface area contributed by atoms with Crippen LogP contribution in [0.5, 0.6) is 5.75 Å². The van der Waals surface area contributed by atoms with Crippen molar-refractivity contribution in [1.29, 1.82) is 0 Å². The number of rotatable bonds is 4. The number of anilines is 1. The minimum Gasteiger partial charge on any atom is -0.435 e. The third kappa shape index (κ3) is 3.90. The molecule has 1 aromatic carbocycles. The van der Waals surface area contributed by atoms with Crippen LogP contribution in [0.15, 0.2) is 24.3 Å². The normalized spacial score (nSPS) is 22.6. The molecule has 2 atom stereocenters. The zero-order valence-corrected chi connectivity index (χ0v) is 11.2. The second kappa shape index (κ2) is 6.65. The molecule has 6 heteroatoms. The lowest BCUT2D eigenvalue weighted by atomic mass is 9.92. The predicted molar refractivity (Wildman–Crippen MR) is 71.9 cm³/mol. The van der Waals surface area contributed by atoms with Crippen molar-refractivity contribution in [3.63, 3.8) is 0 Å². The third-order valence-corrected chi connectivity index (χ3v) is 3.38. The molecule has 0 radical (unpaired) electrons. The van der Waals surface area contributed by atoms with E-state index >= 15 is 0 Å². The van der Waals surface area contributed by atoms with Crippen molar-refractivity contribution < 1.29 is 18.3 Å². The van der Waals surface area contributed by atoms with E-state index in [-0.39, 0.29) is 23.6 Å².